The molecule has 4 saturated carbocycles. The molecule has 334 valence electrons. The molecule has 0 spiro atoms. The maximum Gasteiger partial charge on any atom is 1.00 e. The Morgan fingerprint density at radius 1 is 0.333 bits per heavy atom. The molecule has 5 aliphatic heterocycles. The smallest absolute Gasteiger partial charge is 1.00 e. The molecule has 9 fully saturated rings. The average molecular weight is 1050 g/mol. The van der Waals surface area contributed by atoms with E-state index < -0.39 is 98.0 Å². The van der Waals surface area contributed by atoms with Crippen molar-refractivity contribution >= 4 is 50.2 Å². The van der Waals surface area contributed by atoms with Gasteiger partial charge in [0.25, 0.3) is 0 Å². The van der Waals surface area contributed by atoms with Crippen LogP contribution in [0.1, 0.15) is 77.0 Å². The van der Waals surface area contributed by atoms with Crippen LogP contribution in [0, 0.1) is 47.3 Å². The molecule has 8 bridgehead atoms. The van der Waals surface area contributed by atoms with E-state index >= 15 is 0 Å². The van der Waals surface area contributed by atoms with Gasteiger partial charge in [0.2, 0.25) is 0 Å². The van der Waals surface area contributed by atoms with Crippen molar-refractivity contribution in [2.45, 2.75) is 147 Å². The third-order valence-corrected chi connectivity index (χ3v) is 20.9. The van der Waals surface area contributed by atoms with Crippen LogP contribution in [0.25, 0.3) is 0 Å². The molecule has 60 heavy (non-hydrogen) atoms. The Morgan fingerprint density at radius 3 is 0.683 bits per heavy atom. The molecule has 28 heteroatoms. The van der Waals surface area contributed by atoms with Crippen molar-refractivity contribution in [1.29, 1.82) is 0 Å². The molecule has 5 saturated heterocycles. The standard InChI is InChI=1S/C32H56N8O12S4.ClH.2Na.Rh/c41-53(42,43)21-19-20(22(54(44,45)46)24(56(50,51)52)23(21)55(47,48)49)32-39-30-18-12-6-4-10-16(18)28(37-30)35-26-14-8-2-1-7-13(14)25(33-26)34-27-15-9-3-5-11-17(15)29(36-27)38-31(19)40-32;;;;/h13-40H,1-12H2,(H,41,42,43)(H,44,45,46)(H,47,48,49)(H,50,51,52);1H;;;/q;;2*+1;+3/p-5. The Hall–Kier alpha value is 2.23. The zero-order valence-electron chi connectivity index (χ0n) is 33.3. The minimum absolute atomic E-state index is 0. The van der Waals surface area contributed by atoms with Crippen molar-refractivity contribution in [2.24, 2.45) is 47.3 Å². The molecule has 8 N–H and O–H groups in total. The van der Waals surface area contributed by atoms with Gasteiger partial charge in [-0.15, -0.1) is 0 Å². The molecule has 0 aromatic heterocycles. The van der Waals surface area contributed by atoms with E-state index in [1.165, 1.54) is 0 Å². The summed E-state index contributed by atoms with van der Waals surface area (Å²) in [6.45, 7) is 0. The molecule has 5 heterocycles. The summed E-state index contributed by atoms with van der Waals surface area (Å²) in [6, 6.07) is 0. The molecule has 9 rings (SSSR count). The van der Waals surface area contributed by atoms with Crippen LogP contribution in [-0.2, 0) is 57.8 Å². The van der Waals surface area contributed by atoms with E-state index in [9.17, 15) is 51.9 Å². The van der Waals surface area contributed by atoms with Crippen LogP contribution < -0.4 is 102 Å². The normalized spacial score (nSPS) is 47.8. The quantitative estimate of drug-likeness (QED) is 0.0958. The summed E-state index contributed by atoms with van der Waals surface area (Å²) >= 11 is 2.02. The average Bonchev–Trinajstić information content (AvgIpc) is 3.89. The fourth-order valence-electron chi connectivity index (χ4n) is 13.4. The third-order valence-electron chi connectivity index (χ3n) is 15.3. The summed E-state index contributed by atoms with van der Waals surface area (Å²) in [5, 5.41) is 16.2. The van der Waals surface area contributed by atoms with Crippen molar-refractivity contribution < 1.29 is 128 Å². The topological polar surface area (TPSA) is 325 Å². The van der Waals surface area contributed by atoms with E-state index in [-0.39, 0.29) is 107 Å². The Balaban J connectivity index is 0.00000149. The predicted molar refractivity (Wildman–Crippen MR) is 199 cm³/mol. The number of nitrogens with one attached hydrogen (secondary N) is 8. The number of hydrogen-bond donors (Lipinski definition) is 8. The summed E-state index contributed by atoms with van der Waals surface area (Å²) in [5.41, 5.74) is 0. The fraction of sp³-hybridized carbons (Fsp3) is 1.00. The number of halogens is 1. The molecule has 0 amide bonds. The number of rotatable bonds is 4. The van der Waals surface area contributed by atoms with Gasteiger partial charge in [0, 0.05) is 11.8 Å². The first-order valence-corrected chi connectivity index (χ1v) is 28.3. The molecule has 20 nitrogen and oxygen atoms in total. The van der Waals surface area contributed by atoms with Crippen molar-refractivity contribution in [3.63, 3.8) is 0 Å². The van der Waals surface area contributed by atoms with Crippen LogP contribution in [-0.4, -0.2) is 122 Å². The molecule has 9 aliphatic rings. The Bertz CT molecular complexity index is 1870. The van der Waals surface area contributed by atoms with E-state index in [0.717, 1.165) is 77.0 Å². The molecule has 20 unspecified atom stereocenters. The monoisotopic (exact) mass is 1050 g/mol. The van der Waals surface area contributed by atoms with Gasteiger partial charge in [0.15, 0.2) is 0 Å². The van der Waals surface area contributed by atoms with Gasteiger partial charge in [-0.25, -0.2) is 33.7 Å². The molecular weight excluding hydrogens is 1000 g/mol. The Kier molecular flexibility index (Phi) is 16.9. The molecular formula is C32H52ClN8Na2O12RhS4. The first kappa shape index (κ1) is 51.6. The predicted octanol–water partition coefficient (Wildman–Crippen LogP) is -8.60. The maximum atomic E-state index is 13.3. The fourth-order valence-corrected chi connectivity index (χ4v) is 20.5. The summed E-state index contributed by atoms with van der Waals surface area (Å²) in [5.74, 6) is -3.14. The summed E-state index contributed by atoms with van der Waals surface area (Å²) < 4.78 is 157. The zero-order chi connectivity index (χ0) is 41.7. The van der Waals surface area contributed by atoms with E-state index in [1.54, 1.807) is 0 Å². The van der Waals surface area contributed by atoms with Gasteiger partial charge in [-0.1, -0.05) is 38.5 Å². The van der Waals surface area contributed by atoms with Crippen LogP contribution in [0.5, 0.6) is 0 Å². The molecule has 0 aromatic rings. The van der Waals surface area contributed by atoms with Crippen LogP contribution >= 0.6 is 9.69 Å². The van der Waals surface area contributed by atoms with Crippen molar-refractivity contribution in [1.82, 2.24) is 42.5 Å². The summed E-state index contributed by atoms with van der Waals surface area (Å²) in [7, 11) is -19.9. The first-order chi connectivity index (χ1) is 27.3. The van der Waals surface area contributed by atoms with Crippen molar-refractivity contribution in [3.8, 4) is 0 Å². The van der Waals surface area contributed by atoms with E-state index in [4.69, 9.17) is 0 Å². The molecule has 0 radical (unpaired) electrons. The zero-order valence-corrected chi connectivity index (χ0v) is 42.9. The number of fused-ring (bicyclic) bond motifs is 20. The summed E-state index contributed by atoms with van der Waals surface area (Å²) in [4.78, 5) is 0. The first-order valence-electron chi connectivity index (χ1n) is 20.3. The van der Waals surface area contributed by atoms with Crippen LogP contribution in [0.3, 0.4) is 0 Å². The van der Waals surface area contributed by atoms with Gasteiger partial charge < -0.3 is 18.2 Å². The van der Waals surface area contributed by atoms with Gasteiger partial charge in [-0.2, -0.15) is 0 Å². The van der Waals surface area contributed by atoms with Crippen LogP contribution in [0.2, 0.25) is 0 Å². The van der Waals surface area contributed by atoms with E-state index in [1.807, 2.05) is 17.3 Å². The van der Waals surface area contributed by atoms with Crippen molar-refractivity contribution in [3.05, 3.63) is 0 Å². The molecule has 20 atom stereocenters. The largest absolute Gasteiger partial charge is 1.00 e. The van der Waals surface area contributed by atoms with Crippen LogP contribution in [0.4, 0.5) is 0 Å². The van der Waals surface area contributed by atoms with Crippen molar-refractivity contribution in [2.75, 3.05) is 0 Å². The van der Waals surface area contributed by atoms with Gasteiger partial charge >= 0.3 is 86.1 Å². The molecule has 4 aliphatic carbocycles. The van der Waals surface area contributed by atoms with E-state index in [0.29, 0.717) is 11.8 Å². The summed E-state index contributed by atoms with van der Waals surface area (Å²) in [6.07, 6.45) is 6.60. The number of hydrogen-bond acceptors (Lipinski definition) is 20. The second-order valence-electron chi connectivity index (χ2n) is 18.0. The minimum Gasteiger partial charge on any atom is 1.00 e. The second-order valence-corrected chi connectivity index (χ2v) is 24.1. The Morgan fingerprint density at radius 2 is 0.500 bits per heavy atom. The Labute approximate surface area is 411 Å². The second kappa shape index (κ2) is 19.7. The third kappa shape index (κ3) is 9.75. The molecule has 0 aromatic carbocycles. The SMILES string of the molecule is O=S(=O)([O-])C1C2C3NC4NC(NC5NC(NC6NC(NC(N3)C2C(S(=O)(=O)[O-])C(S(=O)(=O)[O-])C1S(=O)(=O)[O-])C1CCCCC61)C1CCCCC51)C1CCCCC41.[Cl][Rh+2].[Na+].[Na+]. The van der Waals surface area contributed by atoms with Gasteiger partial charge in [-0.3, -0.25) is 42.5 Å². The van der Waals surface area contributed by atoms with Gasteiger partial charge in [0.05, 0.1) is 90.6 Å². The van der Waals surface area contributed by atoms with Gasteiger partial charge in [-0.05, 0) is 74.0 Å². The minimum atomic E-state index is -6.22. The maximum absolute atomic E-state index is 13.3. The van der Waals surface area contributed by atoms with Crippen LogP contribution in [0.15, 0.2) is 0 Å². The van der Waals surface area contributed by atoms with E-state index in [2.05, 4.69) is 52.2 Å². The van der Waals surface area contributed by atoms with Gasteiger partial charge in [0.1, 0.15) is 20.2 Å².